The summed E-state index contributed by atoms with van der Waals surface area (Å²) in [5, 5.41) is 1.90. The molecule has 1 unspecified atom stereocenters. The van der Waals surface area contributed by atoms with Gasteiger partial charge in [-0.2, -0.15) is 0 Å². The van der Waals surface area contributed by atoms with Crippen molar-refractivity contribution in [2.75, 3.05) is 6.54 Å². The van der Waals surface area contributed by atoms with E-state index in [-0.39, 0.29) is 17.3 Å². The number of hydrogen-bond donors (Lipinski definition) is 1. The molecule has 6 heteroatoms. The highest BCUT2D eigenvalue weighted by molar-refractivity contribution is 7.91. The van der Waals surface area contributed by atoms with Crippen LogP contribution in [-0.4, -0.2) is 25.9 Å². The van der Waals surface area contributed by atoms with E-state index in [9.17, 15) is 13.2 Å². The highest BCUT2D eigenvalue weighted by Gasteiger charge is 2.30. The first-order chi connectivity index (χ1) is 14.9. The summed E-state index contributed by atoms with van der Waals surface area (Å²) in [6.07, 6.45) is 4.05. The zero-order chi connectivity index (χ0) is 22.3. The van der Waals surface area contributed by atoms with Crippen molar-refractivity contribution in [3.8, 4) is 0 Å². The second kappa shape index (κ2) is 10.4. The second-order valence-corrected chi connectivity index (χ2v) is 9.96. The normalized spacial score (nSPS) is 12.5. The zero-order valence-electron chi connectivity index (χ0n) is 17.9. The van der Waals surface area contributed by atoms with Gasteiger partial charge in [-0.1, -0.05) is 62.4 Å². The molecule has 0 saturated heterocycles. The summed E-state index contributed by atoms with van der Waals surface area (Å²) >= 11 is 0. The van der Waals surface area contributed by atoms with Crippen LogP contribution in [0.25, 0.3) is 0 Å². The molecule has 0 aliphatic heterocycles. The number of rotatable bonds is 9. The van der Waals surface area contributed by atoms with Crippen LogP contribution >= 0.6 is 0 Å². The van der Waals surface area contributed by atoms with Crippen molar-refractivity contribution in [1.29, 1.82) is 0 Å². The minimum atomic E-state index is -3.71. The van der Waals surface area contributed by atoms with Gasteiger partial charge in [-0.15, -0.1) is 0 Å². The van der Waals surface area contributed by atoms with Crippen LogP contribution in [0.2, 0.25) is 0 Å². The zero-order valence-corrected chi connectivity index (χ0v) is 18.7. The van der Waals surface area contributed by atoms with Crippen LogP contribution in [-0.2, 0) is 21.1 Å². The quantitative estimate of drug-likeness (QED) is 0.537. The van der Waals surface area contributed by atoms with Crippen LogP contribution in [0.3, 0.4) is 0 Å². The fourth-order valence-corrected chi connectivity index (χ4v) is 5.02. The second-order valence-electron chi connectivity index (χ2n) is 7.83. The van der Waals surface area contributed by atoms with Gasteiger partial charge in [-0.3, -0.25) is 9.78 Å². The molecule has 2 aromatic carbocycles. The average Bonchev–Trinajstić information content (AvgIpc) is 2.79. The van der Waals surface area contributed by atoms with E-state index in [0.29, 0.717) is 24.3 Å². The predicted octanol–water partition coefficient (Wildman–Crippen LogP) is 4.47. The van der Waals surface area contributed by atoms with Crippen molar-refractivity contribution in [2.45, 2.75) is 42.8 Å². The minimum Gasteiger partial charge on any atom is -0.354 e. The third-order valence-electron chi connectivity index (χ3n) is 5.27. The summed E-state index contributed by atoms with van der Waals surface area (Å²) in [5.41, 5.74) is 2.70. The van der Waals surface area contributed by atoms with Crippen molar-refractivity contribution in [1.82, 2.24) is 10.3 Å². The van der Waals surface area contributed by atoms with E-state index < -0.39 is 15.1 Å². The lowest BCUT2D eigenvalue weighted by Crippen LogP contribution is -2.32. The third kappa shape index (κ3) is 6.01. The van der Waals surface area contributed by atoms with Gasteiger partial charge in [-0.05, 0) is 47.2 Å². The molecule has 0 aliphatic carbocycles. The highest BCUT2D eigenvalue weighted by Crippen LogP contribution is 2.29. The molecule has 1 heterocycles. The summed E-state index contributed by atoms with van der Waals surface area (Å²) < 4.78 is 26.9. The van der Waals surface area contributed by atoms with Gasteiger partial charge in [0.2, 0.25) is 5.91 Å². The van der Waals surface area contributed by atoms with Crippen LogP contribution in [0.5, 0.6) is 0 Å². The molecule has 31 heavy (non-hydrogen) atoms. The van der Waals surface area contributed by atoms with Gasteiger partial charge < -0.3 is 5.32 Å². The molecule has 5 nitrogen and oxygen atoms in total. The van der Waals surface area contributed by atoms with Crippen LogP contribution in [0.15, 0.2) is 84.0 Å². The van der Waals surface area contributed by atoms with Gasteiger partial charge in [0.25, 0.3) is 0 Å². The maximum Gasteiger partial charge on any atom is 0.220 e. The Hall–Kier alpha value is -2.99. The summed E-state index contributed by atoms with van der Waals surface area (Å²) in [6, 6.07) is 20.1. The standard InChI is InChI=1S/C25H28N2O3S/c1-19(2)21-11-13-23(14-12-21)31(29,30)24(22-9-6-16-26-17-22)18-27-25(28)15-10-20-7-4-3-5-8-20/h3-9,11-14,16-17,19,24H,10,15,18H2,1-2H3,(H,27,28). The van der Waals surface area contributed by atoms with Gasteiger partial charge in [0.1, 0.15) is 5.25 Å². The van der Waals surface area contributed by atoms with E-state index >= 15 is 0 Å². The molecule has 3 rings (SSSR count). The van der Waals surface area contributed by atoms with Crippen LogP contribution in [0.1, 0.15) is 48.1 Å². The SMILES string of the molecule is CC(C)c1ccc(S(=O)(=O)C(CNC(=O)CCc2ccccc2)c2cccnc2)cc1. The number of nitrogens with one attached hydrogen (secondary N) is 1. The van der Waals surface area contributed by atoms with E-state index in [1.54, 1.807) is 36.7 Å². The molecule has 0 saturated carbocycles. The first-order valence-corrected chi connectivity index (χ1v) is 12.0. The number of hydrogen-bond acceptors (Lipinski definition) is 4. The lowest BCUT2D eigenvalue weighted by atomic mass is 10.0. The van der Waals surface area contributed by atoms with E-state index in [2.05, 4.69) is 24.1 Å². The molecule has 0 fully saturated rings. The van der Waals surface area contributed by atoms with Crippen LogP contribution < -0.4 is 5.32 Å². The predicted molar refractivity (Wildman–Crippen MR) is 122 cm³/mol. The maximum atomic E-state index is 13.4. The molecule has 0 aliphatic rings. The molecule has 3 aromatic rings. The van der Waals surface area contributed by atoms with Crippen molar-refractivity contribution in [2.24, 2.45) is 0 Å². The summed E-state index contributed by atoms with van der Waals surface area (Å²) in [6.45, 7) is 4.12. The fourth-order valence-electron chi connectivity index (χ4n) is 3.38. The molecule has 1 amide bonds. The van der Waals surface area contributed by atoms with Gasteiger partial charge in [0.05, 0.1) is 4.90 Å². The number of carbonyl (C=O) groups is 1. The number of aromatic nitrogens is 1. The summed E-state index contributed by atoms with van der Waals surface area (Å²) in [7, 11) is -3.71. The van der Waals surface area contributed by atoms with Gasteiger partial charge in [-0.25, -0.2) is 8.42 Å². The number of amides is 1. The van der Waals surface area contributed by atoms with E-state index in [4.69, 9.17) is 0 Å². The molecule has 162 valence electrons. The Kier molecular flexibility index (Phi) is 7.58. The number of aryl methyl sites for hydroxylation is 1. The molecule has 0 radical (unpaired) electrons. The maximum absolute atomic E-state index is 13.4. The van der Waals surface area contributed by atoms with Gasteiger partial charge in [0, 0.05) is 25.4 Å². The van der Waals surface area contributed by atoms with Crippen molar-refractivity contribution >= 4 is 15.7 Å². The molecular weight excluding hydrogens is 408 g/mol. The molecule has 0 bridgehead atoms. The first kappa shape index (κ1) is 22.7. The molecule has 1 atom stereocenters. The van der Waals surface area contributed by atoms with Gasteiger partial charge in [0.15, 0.2) is 9.84 Å². The third-order valence-corrected chi connectivity index (χ3v) is 7.39. The fraction of sp³-hybridized carbons (Fsp3) is 0.280. The molecule has 0 spiro atoms. The Morgan fingerprint density at radius 3 is 2.26 bits per heavy atom. The van der Waals surface area contributed by atoms with E-state index in [0.717, 1.165) is 11.1 Å². The Labute approximate surface area is 184 Å². The number of nitrogens with zero attached hydrogens (tertiary/aromatic N) is 1. The van der Waals surface area contributed by atoms with E-state index in [1.807, 2.05) is 42.5 Å². The number of pyridine rings is 1. The number of sulfone groups is 1. The Morgan fingerprint density at radius 2 is 1.65 bits per heavy atom. The topological polar surface area (TPSA) is 76.1 Å². The van der Waals surface area contributed by atoms with Crippen molar-refractivity contribution < 1.29 is 13.2 Å². The largest absolute Gasteiger partial charge is 0.354 e. The summed E-state index contributed by atoms with van der Waals surface area (Å²) in [4.78, 5) is 16.7. The number of carbonyl (C=O) groups excluding carboxylic acids is 1. The number of benzene rings is 2. The Balaban J connectivity index is 1.76. The Bertz CT molecular complexity index is 1080. The van der Waals surface area contributed by atoms with E-state index in [1.165, 1.54) is 0 Å². The molecule has 1 N–H and O–H groups in total. The monoisotopic (exact) mass is 436 g/mol. The Morgan fingerprint density at radius 1 is 0.935 bits per heavy atom. The summed E-state index contributed by atoms with van der Waals surface area (Å²) in [5.74, 6) is 0.137. The van der Waals surface area contributed by atoms with Crippen molar-refractivity contribution in [3.05, 3.63) is 95.8 Å². The first-order valence-electron chi connectivity index (χ1n) is 10.4. The smallest absolute Gasteiger partial charge is 0.220 e. The minimum absolute atomic E-state index is 0.00637. The van der Waals surface area contributed by atoms with Gasteiger partial charge >= 0.3 is 0 Å². The lowest BCUT2D eigenvalue weighted by molar-refractivity contribution is -0.121. The lowest BCUT2D eigenvalue weighted by Gasteiger charge is -2.19. The van der Waals surface area contributed by atoms with Crippen molar-refractivity contribution in [3.63, 3.8) is 0 Å². The average molecular weight is 437 g/mol. The molecular formula is C25H28N2O3S. The van der Waals surface area contributed by atoms with Crippen LogP contribution in [0, 0.1) is 0 Å². The highest BCUT2D eigenvalue weighted by atomic mass is 32.2. The molecule has 1 aromatic heterocycles. The van der Waals surface area contributed by atoms with Crippen LogP contribution in [0.4, 0.5) is 0 Å².